The topological polar surface area (TPSA) is 162 Å². The molecule has 230 valence electrons. The molecular weight excluding hydrogens is 556 g/mol. The Hall–Kier alpha value is -4.20. The molecule has 2 aromatic rings. The monoisotopic (exact) mass is 592 g/mol. The summed E-state index contributed by atoms with van der Waals surface area (Å²) in [6.45, 7) is 1.22. The van der Waals surface area contributed by atoms with Gasteiger partial charge in [0.05, 0.1) is 63.9 Å². The van der Waals surface area contributed by atoms with Crippen LogP contribution in [0.3, 0.4) is 0 Å². The maximum absolute atomic E-state index is 11.7. The SMILES string of the molecule is COC(=O)c1cc(OCCO)cc(C(=O)OC)c1.COC(=O)c1cc(OCCOC2CCCCO2)cc(C(=O)OC)c1. The van der Waals surface area contributed by atoms with Gasteiger partial charge in [0.25, 0.3) is 0 Å². The zero-order valence-electron chi connectivity index (χ0n) is 24.0. The van der Waals surface area contributed by atoms with Crippen molar-refractivity contribution in [2.45, 2.75) is 25.6 Å². The van der Waals surface area contributed by atoms with Crippen LogP contribution in [0.15, 0.2) is 36.4 Å². The highest BCUT2D eigenvalue weighted by molar-refractivity contribution is 5.96. The zero-order chi connectivity index (χ0) is 30.9. The van der Waals surface area contributed by atoms with Gasteiger partial charge in [0.1, 0.15) is 24.7 Å². The summed E-state index contributed by atoms with van der Waals surface area (Å²) in [5.41, 5.74) is 0.778. The van der Waals surface area contributed by atoms with E-state index < -0.39 is 23.9 Å². The molecule has 0 aromatic heterocycles. The molecule has 42 heavy (non-hydrogen) atoms. The third kappa shape index (κ3) is 11.0. The van der Waals surface area contributed by atoms with Gasteiger partial charge < -0.3 is 43.0 Å². The van der Waals surface area contributed by atoms with E-state index in [1.807, 2.05) is 0 Å². The second-order valence-electron chi connectivity index (χ2n) is 8.55. The number of aliphatic hydroxyl groups excluding tert-OH is 1. The third-order valence-electron chi connectivity index (χ3n) is 5.65. The van der Waals surface area contributed by atoms with Gasteiger partial charge in [0, 0.05) is 6.61 Å². The highest BCUT2D eigenvalue weighted by atomic mass is 16.7. The zero-order valence-corrected chi connectivity index (χ0v) is 24.0. The highest BCUT2D eigenvalue weighted by Crippen LogP contribution is 2.20. The van der Waals surface area contributed by atoms with Crippen LogP contribution in [0, 0.1) is 0 Å². The molecular formula is C29H36O13. The molecule has 13 nitrogen and oxygen atoms in total. The normalized spacial score (nSPS) is 14.0. The molecule has 0 aliphatic carbocycles. The van der Waals surface area contributed by atoms with Crippen LogP contribution in [0.5, 0.6) is 11.5 Å². The van der Waals surface area contributed by atoms with Crippen LogP contribution < -0.4 is 9.47 Å². The van der Waals surface area contributed by atoms with Crippen LogP contribution in [0.4, 0.5) is 0 Å². The molecule has 0 saturated carbocycles. The van der Waals surface area contributed by atoms with Gasteiger partial charge in [-0.15, -0.1) is 0 Å². The molecule has 1 saturated heterocycles. The summed E-state index contributed by atoms with van der Waals surface area (Å²) in [5, 5.41) is 8.67. The summed E-state index contributed by atoms with van der Waals surface area (Å²) in [4.78, 5) is 46.2. The Bertz CT molecular complexity index is 1120. The van der Waals surface area contributed by atoms with Gasteiger partial charge in [0.15, 0.2) is 6.29 Å². The van der Waals surface area contributed by atoms with E-state index in [1.165, 1.54) is 64.8 Å². The molecule has 3 rings (SSSR count). The molecule has 0 spiro atoms. The molecule has 1 fully saturated rings. The van der Waals surface area contributed by atoms with Crippen LogP contribution in [0.25, 0.3) is 0 Å². The molecule has 1 heterocycles. The number of carbonyl (C=O) groups excluding carboxylic acids is 4. The summed E-state index contributed by atoms with van der Waals surface area (Å²) in [6.07, 6.45) is 2.85. The van der Waals surface area contributed by atoms with E-state index in [4.69, 9.17) is 24.1 Å². The molecule has 1 aliphatic heterocycles. The molecule has 1 aliphatic rings. The minimum absolute atomic E-state index is 0.0608. The third-order valence-corrected chi connectivity index (χ3v) is 5.65. The molecule has 0 radical (unpaired) electrons. The van der Waals surface area contributed by atoms with Crippen molar-refractivity contribution < 1.29 is 62.2 Å². The number of methoxy groups -OCH3 is 4. The van der Waals surface area contributed by atoms with Crippen molar-refractivity contribution in [1.29, 1.82) is 0 Å². The van der Waals surface area contributed by atoms with Gasteiger partial charge in [0.2, 0.25) is 0 Å². The minimum Gasteiger partial charge on any atom is -0.491 e. The maximum atomic E-state index is 11.7. The number of rotatable bonds is 12. The maximum Gasteiger partial charge on any atom is 0.338 e. The molecule has 13 heteroatoms. The van der Waals surface area contributed by atoms with Crippen LogP contribution in [-0.4, -0.2) is 96.7 Å². The number of carbonyl (C=O) groups is 4. The largest absolute Gasteiger partial charge is 0.491 e. The first-order chi connectivity index (χ1) is 20.3. The lowest BCUT2D eigenvalue weighted by Crippen LogP contribution is -2.24. The Balaban J connectivity index is 0.000000307. The first-order valence-electron chi connectivity index (χ1n) is 13.0. The highest BCUT2D eigenvalue weighted by Gasteiger charge is 2.17. The first kappa shape index (κ1) is 34.0. The molecule has 1 atom stereocenters. The van der Waals surface area contributed by atoms with Crippen LogP contribution in [-0.2, 0) is 28.4 Å². The van der Waals surface area contributed by atoms with Crippen molar-refractivity contribution in [3.63, 3.8) is 0 Å². The lowest BCUT2D eigenvalue weighted by atomic mass is 10.1. The predicted molar refractivity (Wildman–Crippen MR) is 146 cm³/mol. The van der Waals surface area contributed by atoms with Crippen molar-refractivity contribution in [2.24, 2.45) is 0 Å². The average molecular weight is 593 g/mol. The Labute approximate surface area is 243 Å². The Kier molecular flexibility index (Phi) is 14.8. The minimum atomic E-state index is -0.588. The molecule has 0 amide bonds. The predicted octanol–water partition coefficient (Wildman–Crippen LogP) is 2.81. The summed E-state index contributed by atoms with van der Waals surface area (Å²) in [5.74, 6) is -1.64. The number of esters is 4. The molecule has 1 N–H and O–H groups in total. The summed E-state index contributed by atoms with van der Waals surface area (Å²) < 4.78 is 40.3. The fourth-order valence-corrected chi connectivity index (χ4v) is 3.65. The molecule has 1 unspecified atom stereocenters. The smallest absolute Gasteiger partial charge is 0.338 e. The van der Waals surface area contributed by atoms with Crippen molar-refractivity contribution in [3.8, 4) is 11.5 Å². The van der Waals surface area contributed by atoms with Gasteiger partial charge in [-0.25, -0.2) is 19.2 Å². The Morgan fingerprint density at radius 2 is 1.10 bits per heavy atom. The number of hydrogen-bond acceptors (Lipinski definition) is 13. The van der Waals surface area contributed by atoms with E-state index in [0.717, 1.165) is 25.9 Å². The van der Waals surface area contributed by atoms with E-state index in [1.54, 1.807) is 0 Å². The Morgan fingerprint density at radius 3 is 1.45 bits per heavy atom. The van der Waals surface area contributed by atoms with Gasteiger partial charge in [-0.05, 0) is 55.7 Å². The second kappa shape index (κ2) is 18.3. The van der Waals surface area contributed by atoms with Crippen molar-refractivity contribution >= 4 is 23.9 Å². The van der Waals surface area contributed by atoms with E-state index in [0.29, 0.717) is 12.4 Å². The second-order valence-corrected chi connectivity index (χ2v) is 8.55. The first-order valence-corrected chi connectivity index (χ1v) is 13.0. The molecule has 2 aromatic carbocycles. The fourth-order valence-electron chi connectivity index (χ4n) is 3.65. The standard InChI is InChI=1S/C17H22O7.C12H14O6/c1-20-16(18)12-9-13(17(19)21-2)11-14(10-12)22-7-8-24-15-5-3-4-6-23-15;1-16-11(14)8-5-9(12(15)17-2)7-10(6-8)18-4-3-13/h9-11,15H,3-8H2,1-2H3;5-7,13H,3-4H2,1-2H3. The summed E-state index contributed by atoms with van der Waals surface area (Å²) in [6, 6.07) is 8.62. The summed E-state index contributed by atoms with van der Waals surface area (Å²) >= 11 is 0. The van der Waals surface area contributed by atoms with E-state index >= 15 is 0 Å². The fraction of sp³-hybridized carbons (Fsp3) is 0.448. The van der Waals surface area contributed by atoms with Crippen molar-refractivity contribution in [3.05, 3.63) is 58.7 Å². The Morgan fingerprint density at radius 1 is 0.667 bits per heavy atom. The van der Waals surface area contributed by atoms with Gasteiger partial charge in [-0.2, -0.15) is 0 Å². The van der Waals surface area contributed by atoms with Crippen LogP contribution in [0.2, 0.25) is 0 Å². The van der Waals surface area contributed by atoms with Crippen molar-refractivity contribution in [1.82, 2.24) is 0 Å². The van der Waals surface area contributed by atoms with Gasteiger partial charge in [-0.1, -0.05) is 0 Å². The van der Waals surface area contributed by atoms with E-state index in [-0.39, 0.29) is 54.1 Å². The van der Waals surface area contributed by atoms with Gasteiger partial charge in [-0.3, -0.25) is 0 Å². The number of hydrogen-bond donors (Lipinski definition) is 1. The number of benzene rings is 2. The average Bonchev–Trinajstić information content (AvgIpc) is 3.04. The van der Waals surface area contributed by atoms with Gasteiger partial charge >= 0.3 is 23.9 Å². The lowest BCUT2D eigenvalue weighted by Gasteiger charge is -2.22. The summed E-state index contributed by atoms with van der Waals surface area (Å²) in [7, 11) is 5.01. The van der Waals surface area contributed by atoms with Crippen LogP contribution in [0.1, 0.15) is 60.7 Å². The van der Waals surface area contributed by atoms with Crippen molar-refractivity contribution in [2.75, 3.05) is 61.5 Å². The van der Waals surface area contributed by atoms with Crippen LogP contribution >= 0.6 is 0 Å². The number of aliphatic hydroxyl groups is 1. The lowest BCUT2D eigenvalue weighted by molar-refractivity contribution is -0.165. The number of ether oxygens (including phenoxy) is 8. The molecule has 0 bridgehead atoms. The van der Waals surface area contributed by atoms with E-state index in [9.17, 15) is 19.2 Å². The van der Waals surface area contributed by atoms with E-state index in [2.05, 4.69) is 18.9 Å². The quantitative estimate of drug-likeness (QED) is 0.218.